The van der Waals surface area contributed by atoms with Crippen LogP contribution in [0.5, 0.6) is 0 Å². The van der Waals surface area contributed by atoms with E-state index in [1.165, 1.54) is 24.3 Å². The monoisotopic (exact) mass is 492 g/mol. The van der Waals surface area contributed by atoms with Crippen molar-refractivity contribution < 1.29 is 19.2 Å². The van der Waals surface area contributed by atoms with Crippen molar-refractivity contribution in [3.05, 3.63) is 72.6 Å². The van der Waals surface area contributed by atoms with E-state index in [4.69, 9.17) is 33.8 Å². The standard InChI is InChI=1S/C19H14Cl2N6O6/c1-33-19(30)14(16(26-22)18(29)24-12-6-8(20)2-4-10(12)21)15-17(28)25-13-7-9(27(31)32)3-5-11(13)23-15/h2-7,14H,22H2,1H3,(H,24,29)(H,25,28). The molecular weight excluding hydrogens is 479 g/mol. The molecule has 1 aromatic heterocycles. The number of hydrogen-bond donors (Lipinski definition) is 3. The van der Waals surface area contributed by atoms with E-state index in [0.717, 1.165) is 19.2 Å². The lowest BCUT2D eigenvalue weighted by molar-refractivity contribution is -0.384. The summed E-state index contributed by atoms with van der Waals surface area (Å²) in [4.78, 5) is 55.0. The maximum atomic E-state index is 12.9. The number of hydrogen-bond acceptors (Lipinski definition) is 9. The number of ether oxygens (including phenoxy) is 1. The summed E-state index contributed by atoms with van der Waals surface area (Å²) in [5, 5.41) is 17.2. The minimum absolute atomic E-state index is 0.0444. The van der Waals surface area contributed by atoms with Gasteiger partial charge in [0.15, 0.2) is 5.92 Å². The molecule has 0 saturated heterocycles. The number of nitro groups is 1. The van der Waals surface area contributed by atoms with Crippen LogP contribution in [0.1, 0.15) is 11.6 Å². The molecule has 1 unspecified atom stereocenters. The molecule has 2 aromatic carbocycles. The second-order valence-electron chi connectivity index (χ2n) is 6.46. The Morgan fingerprint density at radius 1 is 1.27 bits per heavy atom. The highest BCUT2D eigenvalue weighted by atomic mass is 35.5. The van der Waals surface area contributed by atoms with Gasteiger partial charge < -0.3 is 20.9 Å². The number of anilines is 1. The van der Waals surface area contributed by atoms with Crippen LogP contribution in [-0.2, 0) is 14.3 Å². The molecule has 1 amide bonds. The topological polar surface area (TPSA) is 183 Å². The fourth-order valence-electron chi connectivity index (χ4n) is 2.91. The molecule has 14 heteroatoms. The van der Waals surface area contributed by atoms with Crippen LogP contribution in [-0.4, -0.2) is 39.6 Å². The van der Waals surface area contributed by atoms with Gasteiger partial charge in [-0.25, -0.2) is 4.98 Å². The zero-order chi connectivity index (χ0) is 24.3. The smallest absolute Gasteiger partial charge is 0.321 e. The summed E-state index contributed by atoms with van der Waals surface area (Å²) in [5.74, 6) is 1.65. The number of carbonyl (C=O) groups excluding carboxylic acids is 2. The summed E-state index contributed by atoms with van der Waals surface area (Å²) >= 11 is 12.0. The summed E-state index contributed by atoms with van der Waals surface area (Å²) < 4.78 is 4.73. The Kier molecular flexibility index (Phi) is 6.89. The van der Waals surface area contributed by atoms with Gasteiger partial charge >= 0.3 is 5.97 Å². The first kappa shape index (κ1) is 23.6. The van der Waals surface area contributed by atoms with Crippen LogP contribution in [0.2, 0.25) is 10.0 Å². The van der Waals surface area contributed by atoms with Crippen molar-refractivity contribution in [2.75, 3.05) is 12.4 Å². The number of nitrogens with one attached hydrogen (secondary N) is 2. The fourth-order valence-corrected chi connectivity index (χ4v) is 3.25. The molecule has 0 spiro atoms. The number of methoxy groups -OCH3 is 1. The van der Waals surface area contributed by atoms with Gasteiger partial charge in [0.25, 0.3) is 17.2 Å². The lowest BCUT2D eigenvalue weighted by Crippen LogP contribution is -2.38. The number of hydrazone groups is 1. The maximum absolute atomic E-state index is 12.9. The number of aromatic amines is 1. The highest BCUT2D eigenvalue weighted by Crippen LogP contribution is 2.26. The predicted molar refractivity (Wildman–Crippen MR) is 120 cm³/mol. The average Bonchev–Trinajstić information content (AvgIpc) is 2.78. The zero-order valence-corrected chi connectivity index (χ0v) is 18.2. The van der Waals surface area contributed by atoms with Crippen molar-refractivity contribution in [1.82, 2.24) is 9.97 Å². The first-order valence-corrected chi connectivity index (χ1v) is 9.72. The number of esters is 1. The number of nitro benzene ring substituents is 1. The molecule has 0 radical (unpaired) electrons. The number of benzene rings is 2. The summed E-state index contributed by atoms with van der Waals surface area (Å²) in [5.41, 5.74) is -1.99. The van der Waals surface area contributed by atoms with Gasteiger partial charge in [0.05, 0.1) is 33.8 Å². The molecule has 1 atom stereocenters. The number of halogens is 2. The number of amides is 1. The Balaban J connectivity index is 2.09. The van der Waals surface area contributed by atoms with E-state index >= 15 is 0 Å². The first-order valence-electron chi connectivity index (χ1n) is 8.96. The van der Waals surface area contributed by atoms with Crippen LogP contribution in [0, 0.1) is 10.1 Å². The van der Waals surface area contributed by atoms with Crippen LogP contribution >= 0.6 is 23.2 Å². The van der Waals surface area contributed by atoms with E-state index < -0.39 is 39.7 Å². The number of nitrogens with zero attached hydrogens (tertiary/aromatic N) is 3. The minimum atomic E-state index is -1.72. The Morgan fingerprint density at radius 2 is 2.00 bits per heavy atom. The van der Waals surface area contributed by atoms with Gasteiger partial charge in [-0.3, -0.25) is 24.5 Å². The molecule has 0 saturated carbocycles. The Hall–Kier alpha value is -4.03. The second-order valence-corrected chi connectivity index (χ2v) is 7.30. The molecule has 170 valence electrons. The lowest BCUT2D eigenvalue weighted by Gasteiger charge is -2.16. The van der Waals surface area contributed by atoms with Gasteiger partial charge in [-0.1, -0.05) is 23.2 Å². The SMILES string of the molecule is COC(=O)C(C(=NN)C(=O)Nc1cc(Cl)ccc1Cl)c1nc2ccc([N+](=O)[O-])cc2[nH]c1=O. The highest BCUT2D eigenvalue weighted by Gasteiger charge is 2.36. The van der Waals surface area contributed by atoms with Gasteiger partial charge in [-0.15, -0.1) is 0 Å². The maximum Gasteiger partial charge on any atom is 0.321 e. The van der Waals surface area contributed by atoms with Gasteiger partial charge in [0.2, 0.25) is 0 Å². The average molecular weight is 493 g/mol. The van der Waals surface area contributed by atoms with Crippen molar-refractivity contribution in [2.45, 2.75) is 5.92 Å². The second kappa shape index (κ2) is 9.63. The van der Waals surface area contributed by atoms with E-state index in [1.807, 2.05) is 0 Å². The molecule has 3 aromatic rings. The summed E-state index contributed by atoms with van der Waals surface area (Å²) in [6.07, 6.45) is 0. The Bertz CT molecular complexity index is 1370. The molecule has 33 heavy (non-hydrogen) atoms. The van der Waals surface area contributed by atoms with E-state index in [1.54, 1.807) is 0 Å². The molecule has 3 rings (SSSR count). The van der Waals surface area contributed by atoms with E-state index in [0.29, 0.717) is 0 Å². The molecular formula is C19H14Cl2N6O6. The number of carbonyl (C=O) groups is 2. The number of H-pyrrole nitrogens is 1. The number of aromatic nitrogens is 2. The Morgan fingerprint density at radius 3 is 2.64 bits per heavy atom. The van der Waals surface area contributed by atoms with E-state index in [9.17, 15) is 24.5 Å². The number of non-ortho nitro benzene ring substituents is 1. The Labute approximate surface area is 194 Å². The van der Waals surface area contributed by atoms with Crippen molar-refractivity contribution in [3.63, 3.8) is 0 Å². The third-order valence-electron chi connectivity index (χ3n) is 4.44. The molecule has 0 aliphatic heterocycles. The zero-order valence-electron chi connectivity index (χ0n) is 16.7. The molecule has 4 N–H and O–H groups in total. The minimum Gasteiger partial charge on any atom is -0.468 e. The van der Waals surface area contributed by atoms with Crippen molar-refractivity contribution in [1.29, 1.82) is 0 Å². The van der Waals surface area contributed by atoms with Crippen LogP contribution in [0.4, 0.5) is 11.4 Å². The predicted octanol–water partition coefficient (Wildman–Crippen LogP) is 2.35. The lowest BCUT2D eigenvalue weighted by atomic mass is 9.98. The van der Waals surface area contributed by atoms with Gasteiger partial charge in [0.1, 0.15) is 11.4 Å². The molecule has 12 nitrogen and oxygen atoms in total. The van der Waals surface area contributed by atoms with Crippen LogP contribution < -0.4 is 16.7 Å². The number of rotatable bonds is 6. The summed E-state index contributed by atoms with van der Waals surface area (Å²) in [7, 11) is 1.04. The quantitative estimate of drug-likeness (QED) is 0.154. The van der Waals surface area contributed by atoms with E-state index in [-0.39, 0.29) is 32.5 Å². The van der Waals surface area contributed by atoms with Crippen molar-refractivity contribution >= 4 is 63.2 Å². The van der Waals surface area contributed by atoms with Crippen LogP contribution in [0.3, 0.4) is 0 Å². The fraction of sp³-hybridized carbons (Fsp3) is 0.105. The van der Waals surface area contributed by atoms with Crippen molar-refractivity contribution in [2.24, 2.45) is 10.9 Å². The van der Waals surface area contributed by atoms with Gasteiger partial charge in [0, 0.05) is 17.2 Å². The normalized spacial score (nSPS) is 12.3. The summed E-state index contributed by atoms with van der Waals surface area (Å²) in [6.45, 7) is 0. The van der Waals surface area contributed by atoms with Gasteiger partial charge in [-0.2, -0.15) is 5.10 Å². The van der Waals surface area contributed by atoms with Crippen molar-refractivity contribution in [3.8, 4) is 0 Å². The van der Waals surface area contributed by atoms with Crippen LogP contribution in [0.15, 0.2) is 46.3 Å². The van der Waals surface area contributed by atoms with Crippen LogP contribution in [0.25, 0.3) is 11.0 Å². The van der Waals surface area contributed by atoms with Gasteiger partial charge in [-0.05, 0) is 24.3 Å². The third-order valence-corrected chi connectivity index (χ3v) is 5.01. The molecule has 0 bridgehead atoms. The number of nitrogens with two attached hydrogens (primary N) is 1. The van der Waals surface area contributed by atoms with E-state index in [2.05, 4.69) is 20.4 Å². The molecule has 0 aliphatic carbocycles. The highest BCUT2D eigenvalue weighted by molar-refractivity contribution is 6.48. The molecule has 0 aliphatic rings. The molecule has 1 heterocycles. The largest absolute Gasteiger partial charge is 0.468 e. The first-order chi connectivity index (χ1) is 15.7. The third kappa shape index (κ3) is 4.91. The number of fused-ring (bicyclic) bond motifs is 1. The molecule has 0 fully saturated rings. The summed E-state index contributed by atoms with van der Waals surface area (Å²) in [6, 6.07) is 7.83.